The van der Waals surface area contributed by atoms with Crippen LogP contribution in [0.15, 0.2) is 24.3 Å². The second kappa shape index (κ2) is 8.34. The molecule has 0 spiro atoms. The first-order valence-corrected chi connectivity index (χ1v) is 8.65. The molecule has 1 heterocycles. The highest BCUT2D eigenvalue weighted by Crippen LogP contribution is 2.24. The maximum absolute atomic E-state index is 12.4. The molecular formula is C18H25N3O6. The lowest BCUT2D eigenvalue weighted by Gasteiger charge is -2.27. The van der Waals surface area contributed by atoms with Crippen LogP contribution < -0.4 is 5.32 Å². The smallest absolute Gasteiger partial charge is 0.411 e. The summed E-state index contributed by atoms with van der Waals surface area (Å²) in [5.74, 6) is -0.518. The van der Waals surface area contributed by atoms with E-state index < -0.39 is 28.6 Å². The third-order valence-corrected chi connectivity index (χ3v) is 4.17. The van der Waals surface area contributed by atoms with Crippen molar-refractivity contribution >= 4 is 17.7 Å². The second-order valence-electron chi connectivity index (χ2n) is 7.37. The van der Waals surface area contributed by atoms with Gasteiger partial charge in [0.05, 0.1) is 12.0 Å². The van der Waals surface area contributed by atoms with Gasteiger partial charge in [0.1, 0.15) is 11.6 Å². The van der Waals surface area contributed by atoms with E-state index in [1.54, 1.807) is 39.0 Å². The topological polar surface area (TPSA) is 111 Å². The lowest BCUT2D eigenvalue weighted by atomic mass is 10.1. The molecule has 1 aliphatic heterocycles. The van der Waals surface area contributed by atoms with Crippen molar-refractivity contribution in [2.75, 3.05) is 13.7 Å². The Hall–Kier alpha value is -2.68. The van der Waals surface area contributed by atoms with Crippen molar-refractivity contribution in [3.63, 3.8) is 0 Å². The molecule has 1 aromatic rings. The van der Waals surface area contributed by atoms with Crippen molar-refractivity contribution in [3.8, 4) is 0 Å². The Kier molecular flexibility index (Phi) is 6.37. The summed E-state index contributed by atoms with van der Waals surface area (Å²) in [4.78, 5) is 36.5. The highest BCUT2D eigenvalue weighted by molar-refractivity contribution is 5.82. The van der Waals surface area contributed by atoms with Gasteiger partial charge in [0.15, 0.2) is 0 Å². The summed E-state index contributed by atoms with van der Waals surface area (Å²) < 4.78 is 10.2. The summed E-state index contributed by atoms with van der Waals surface area (Å²) in [5.41, 5.74) is -0.127. The standard InChI is InChI=1S/C18H25N3O6/c1-18(2,3)27-17(23)20-11-13(9-15(20)16(22)26-4)19-10-12-7-5-6-8-14(12)21(24)25/h5-8,13,15,19H,9-11H2,1-4H3/t13-,15+/m1/s1. The second-order valence-corrected chi connectivity index (χ2v) is 7.37. The number of amides is 1. The normalized spacial score (nSPS) is 19.6. The van der Waals surface area contributed by atoms with Crippen LogP contribution in [0.25, 0.3) is 0 Å². The largest absolute Gasteiger partial charge is 0.467 e. The molecule has 1 N–H and O–H groups in total. The number of likely N-dealkylation sites (tertiary alicyclic amines) is 1. The van der Waals surface area contributed by atoms with Crippen molar-refractivity contribution in [2.45, 2.75) is 51.4 Å². The van der Waals surface area contributed by atoms with E-state index in [2.05, 4.69) is 5.32 Å². The first kappa shape index (κ1) is 20.6. The Morgan fingerprint density at radius 3 is 2.59 bits per heavy atom. The lowest BCUT2D eigenvalue weighted by molar-refractivity contribution is -0.385. The summed E-state index contributed by atoms with van der Waals surface area (Å²) in [7, 11) is 1.27. The van der Waals surface area contributed by atoms with Gasteiger partial charge in [0.2, 0.25) is 0 Å². The fourth-order valence-electron chi connectivity index (χ4n) is 2.96. The minimum atomic E-state index is -0.756. The van der Waals surface area contributed by atoms with Gasteiger partial charge in [-0.2, -0.15) is 0 Å². The van der Waals surface area contributed by atoms with Crippen LogP contribution in [0, 0.1) is 10.1 Å². The van der Waals surface area contributed by atoms with Crippen molar-refractivity contribution in [1.82, 2.24) is 10.2 Å². The van der Waals surface area contributed by atoms with Crippen LogP contribution in [-0.4, -0.2) is 53.2 Å². The lowest BCUT2D eigenvalue weighted by Crippen LogP contribution is -2.44. The maximum Gasteiger partial charge on any atom is 0.411 e. The molecule has 0 saturated carbocycles. The number of esters is 1. The number of methoxy groups -OCH3 is 1. The van der Waals surface area contributed by atoms with Crippen LogP contribution in [0.3, 0.4) is 0 Å². The molecule has 27 heavy (non-hydrogen) atoms. The molecule has 1 aromatic carbocycles. The van der Waals surface area contributed by atoms with Crippen LogP contribution in [0.2, 0.25) is 0 Å². The van der Waals surface area contributed by atoms with Gasteiger partial charge in [0.25, 0.3) is 5.69 Å². The average molecular weight is 379 g/mol. The Morgan fingerprint density at radius 1 is 1.33 bits per heavy atom. The van der Waals surface area contributed by atoms with Crippen molar-refractivity contribution < 1.29 is 24.0 Å². The van der Waals surface area contributed by atoms with E-state index in [1.165, 1.54) is 18.1 Å². The molecule has 1 amide bonds. The number of nitrogens with one attached hydrogen (secondary N) is 1. The number of para-hydroxylation sites is 1. The van der Waals surface area contributed by atoms with Crippen LogP contribution in [0.1, 0.15) is 32.8 Å². The molecule has 9 heteroatoms. The quantitative estimate of drug-likeness (QED) is 0.474. The zero-order chi connectivity index (χ0) is 20.2. The minimum absolute atomic E-state index is 0.0245. The van der Waals surface area contributed by atoms with Gasteiger partial charge in [0, 0.05) is 30.8 Å². The highest BCUT2D eigenvalue weighted by Gasteiger charge is 2.42. The Bertz CT molecular complexity index is 715. The summed E-state index contributed by atoms with van der Waals surface area (Å²) in [5, 5.41) is 14.3. The zero-order valence-corrected chi connectivity index (χ0v) is 15.9. The summed E-state index contributed by atoms with van der Waals surface area (Å²) in [6, 6.07) is 5.46. The predicted octanol–water partition coefficient (Wildman–Crippen LogP) is 2.24. The molecule has 1 saturated heterocycles. The fraction of sp³-hybridized carbons (Fsp3) is 0.556. The monoisotopic (exact) mass is 379 g/mol. The van der Waals surface area contributed by atoms with E-state index in [9.17, 15) is 19.7 Å². The van der Waals surface area contributed by atoms with E-state index in [0.29, 0.717) is 12.0 Å². The number of rotatable bonds is 5. The van der Waals surface area contributed by atoms with E-state index in [1.807, 2.05) is 0 Å². The average Bonchev–Trinajstić information content (AvgIpc) is 3.02. The molecule has 0 aromatic heterocycles. The third-order valence-electron chi connectivity index (χ3n) is 4.17. The summed E-state index contributed by atoms with van der Waals surface area (Å²) >= 11 is 0. The highest BCUT2D eigenvalue weighted by atomic mass is 16.6. The molecule has 0 bridgehead atoms. The number of ether oxygens (including phenoxy) is 2. The van der Waals surface area contributed by atoms with E-state index in [-0.39, 0.29) is 24.8 Å². The van der Waals surface area contributed by atoms with Crippen LogP contribution >= 0.6 is 0 Å². The first-order chi connectivity index (χ1) is 12.6. The summed E-state index contributed by atoms with van der Waals surface area (Å²) in [6.45, 7) is 5.74. The molecule has 2 atom stereocenters. The number of nitro benzene ring substituents is 1. The SMILES string of the molecule is COC(=O)[C@@H]1C[C@@H](NCc2ccccc2[N+](=O)[O-])CN1C(=O)OC(C)(C)C. The Labute approximate surface area is 157 Å². The van der Waals surface area contributed by atoms with E-state index >= 15 is 0 Å². The van der Waals surface area contributed by atoms with E-state index in [0.717, 1.165) is 0 Å². The Morgan fingerprint density at radius 2 is 2.00 bits per heavy atom. The number of benzene rings is 1. The van der Waals surface area contributed by atoms with Gasteiger partial charge in [-0.1, -0.05) is 18.2 Å². The Balaban J connectivity index is 2.08. The third kappa shape index (κ3) is 5.40. The molecule has 0 radical (unpaired) electrons. The number of carbonyl (C=O) groups is 2. The molecular weight excluding hydrogens is 354 g/mol. The molecule has 0 aliphatic carbocycles. The van der Waals surface area contributed by atoms with Gasteiger partial charge >= 0.3 is 12.1 Å². The minimum Gasteiger partial charge on any atom is -0.467 e. The predicted molar refractivity (Wildman–Crippen MR) is 97.1 cm³/mol. The molecule has 9 nitrogen and oxygen atoms in total. The zero-order valence-electron chi connectivity index (χ0n) is 15.9. The van der Waals surface area contributed by atoms with Crippen LogP contribution in [0.5, 0.6) is 0 Å². The molecule has 148 valence electrons. The molecule has 1 fully saturated rings. The van der Waals surface area contributed by atoms with Gasteiger partial charge < -0.3 is 14.8 Å². The molecule has 0 unspecified atom stereocenters. The van der Waals surface area contributed by atoms with Crippen LogP contribution in [-0.2, 0) is 20.8 Å². The van der Waals surface area contributed by atoms with E-state index in [4.69, 9.17) is 9.47 Å². The van der Waals surface area contributed by atoms with Crippen molar-refractivity contribution in [1.29, 1.82) is 0 Å². The number of hydrogen-bond acceptors (Lipinski definition) is 7. The van der Waals surface area contributed by atoms with Gasteiger partial charge in [-0.25, -0.2) is 9.59 Å². The number of hydrogen-bond donors (Lipinski definition) is 1. The molecule has 2 rings (SSSR count). The van der Waals surface area contributed by atoms with Gasteiger partial charge in [-0.05, 0) is 27.2 Å². The number of nitro groups is 1. The summed E-state index contributed by atoms with van der Waals surface area (Å²) in [6.07, 6.45) is -0.250. The number of nitrogens with zero attached hydrogens (tertiary/aromatic N) is 2. The molecule has 1 aliphatic rings. The van der Waals surface area contributed by atoms with Gasteiger partial charge in [-0.15, -0.1) is 0 Å². The van der Waals surface area contributed by atoms with Crippen molar-refractivity contribution in [2.24, 2.45) is 0 Å². The first-order valence-electron chi connectivity index (χ1n) is 8.65. The van der Waals surface area contributed by atoms with Crippen molar-refractivity contribution in [3.05, 3.63) is 39.9 Å². The maximum atomic E-state index is 12.4. The van der Waals surface area contributed by atoms with Gasteiger partial charge in [-0.3, -0.25) is 15.0 Å². The van der Waals surface area contributed by atoms with Crippen LogP contribution in [0.4, 0.5) is 10.5 Å². The fourth-order valence-corrected chi connectivity index (χ4v) is 2.96. The number of carbonyl (C=O) groups excluding carboxylic acids is 2.